The van der Waals surface area contributed by atoms with Gasteiger partial charge in [-0.25, -0.2) is 0 Å². The van der Waals surface area contributed by atoms with Crippen LogP contribution >= 0.6 is 0 Å². The maximum atomic E-state index is 12.3. The van der Waals surface area contributed by atoms with Gasteiger partial charge in [-0.3, -0.25) is 9.48 Å². The minimum absolute atomic E-state index is 0.0106. The number of carbonyl (C=O) groups excluding carboxylic acids is 1. The van der Waals surface area contributed by atoms with Gasteiger partial charge in [0.2, 0.25) is 5.91 Å². The molecule has 1 aliphatic heterocycles. The molecule has 1 saturated heterocycles. The third kappa shape index (κ3) is 4.13. The lowest BCUT2D eigenvalue weighted by Gasteiger charge is -2.28. The van der Waals surface area contributed by atoms with E-state index in [1.54, 1.807) is 0 Å². The second kappa shape index (κ2) is 7.82. The van der Waals surface area contributed by atoms with Crippen LogP contribution in [-0.4, -0.2) is 28.8 Å². The molecule has 4 rings (SSSR count). The number of rotatable bonds is 5. The number of anilines is 2. The average molecular weight is 362 g/mol. The molecule has 0 saturated carbocycles. The summed E-state index contributed by atoms with van der Waals surface area (Å²) in [5.41, 5.74) is 4.37. The number of aromatic nitrogens is 2. The molecular weight excluding hydrogens is 336 g/mol. The van der Waals surface area contributed by atoms with Crippen molar-refractivity contribution in [2.45, 2.75) is 39.2 Å². The molecular formula is C22H26N4O. The van der Waals surface area contributed by atoms with Gasteiger partial charge >= 0.3 is 0 Å². The highest BCUT2D eigenvalue weighted by molar-refractivity contribution is 5.91. The first-order valence-electron chi connectivity index (χ1n) is 9.76. The third-order valence-corrected chi connectivity index (χ3v) is 5.22. The van der Waals surface area contributed by atoms with Crippen LogP contribution < -0.4 is 10.2 Å². The monoisotopic (exact) mass is 362 g/mol. The van der Waals surface area contributed by atoms with Crippen LogP contribution in [0.1, 0.15) is 31.2 Å². The Morgan fingerprint density at radius 2 is 1.85 bits per heavy atom. The van der Waals surface area contributed by atoms with Crippen molar-refractivity contribution in [3.63, 3.8) is 0 Å². The third-order valence-electron chi connectivity index (χ3n) is 5.22. The summed E-state index contributed by atoms with van der Waals surface area (Å²) in [4.78, 5) is 14.7. The topological polar surface area (TPSA) is 50.2 Å². The van der Waals surface area contributed by atoms with Gasteiger partial charge in [0, 0.05) is 36.3 Å². The van der Waals surface area contributed by atoms with Crippen molar-refractivity contribution in [1.82, 2.24) is 9.78 Å². The summed E-state index contributed by atoms with van der Waals surface area (Å²) in [6.45, 7) is 4.90. The molecule has 0 aliphatic carbocycles. The van der Waals surface area contributed by atoms with Crippen molar-refractivity contribution in [2.75, 3.05) is 23.3 Å². The van der Waals surface area contributed by atoms with E-state index in [2.05, 4.69) is 52.6 Å². The van der Waals surface area contributed by atoms with Crippen molar-refractivity contribution in [1.29, 1.82) is 0 Å². The Hall–Kier alpha value is -2.82. The molecule has 2 heterocycles. The fourth-order valence-electron chi connectivity index (χ4n) is 3.72. The highest BCUT2D eigenvalue weighted by atomic mass is 16.1. The van der Waals surface area contributed by atoms with Crippen LogP contribution in [0.15, 0.2) is 48.7 Å². The Morgan fingerprint density at radius 1 is 1.07 bits per heavy atom. The second-order valence-electron chi connectivity index (χ2n) is 7.32. The Kier molecular flexibility index (Phi) is 5.10. The van der Waals surface area contributed by atoms with Gasteiger partial charge in [-0.15, -0.1) is 0 Å². The number of hydrogen-bond acceptors (Lipinski definition) is 3. The van der Waals surface area contributed by atoms with Crippen LogP contribution in [-0.2, 0) is 11.3 Å². The number of aryl methyl sites for hydroxylation is 2. The van der Waals surface area contributed by atoms with Crippen molar-refractivity contribution in [2.24, 2.45) is 0 Å². The van der Waals surface area contributed by atoms with Crippen LogP contribution in [0.3, 0.4) is 0 Å². The first-order chi connectivity index (χ1) is 13.2. The maximum absolute atomic E-state index is 12.3. The fraction of sp³-hybridized carbons (Fsp3) is 0.364. The molecule has 0 radical (unpaired) electrons. The molecule has 0 atom stereocenters. The molecule has 5 heteroatoms. The summed E-state index contributed by atoms with van der Waals surface area (Å²) in [5, 5.41) is 8.52. The molecule has 0 spiro atoms. The quantitative estimate of drug-likeness (QED) is 0.733. The molecule has 5 nitrogen and oxygen atoms in total. The van der Waals surface area contributed by atoms with Gasteiger partial charge in [0.1, 0.15) is 0 Å². The van der Waals surface area contributed by atoms with E-state index in [1.807, 2.05) is 23.0 Å². The largest absolute Gasteiger partial charge is 0.372 e. The van der Waals surface area contributed by atoms with E-state index in [9.17, 15) is 4.79 Å². The number of amides is 1. The number of nitrogens with zero attached hydrogens (tertiary/aromatic N) is 3. The minimum atomic E-state index is 0.0106. The number of hydrogen-bond donors (Lipinski definition) is 1. The summed E-state index contributed by atoms with van der Waals surface area (Å²) in [6.07, 6.45) is 6.12. The van der Waals surface area contributed by atoms with Gasteiger partial charge in [-0.05, 0) is 62.6 Å². The summed E-state index contributed by atoms with van der Waals surface area (Å²) in [7, 11) is 0. The summed E-state index contributed by atoms with van der Waals surface area (Å²) >= 11 is 0. The zero-order valence-corrected chi connectivity index (χ0v) is 15.8. The van der Waals surface area contributed by atoms with Crippen LogP contribution in [0.4, 0.5) is 11.4 Å². The molecule has 1 amide bonds. The van der Waals surface area contributed by atoms with E-state index in [0.717, 1.165) is 29.7 Å². The van der Waals surface area contributed by atoms with Crippen molar-refractivity contribution < 1.29 is 4.79 Å². The Bertz CT molecular complexity index is 923. The number of fused-ring (bicyclic) bond motifs is 1. The van der Waals surface area contributed by atoms with E-state index >= 15 is 0 Å². The number of piperidine rings is 1. The lowest BCUT2D eigenvalue weighted by atomic mass is 10.1. The van der Waals surface area contributed by atoms with Crippen molar-refractivity contribution in [3.05, 3.63) is 54.2 Å². The SMILES string of the molecule is Cc1ccc2c(cnn2CCC(=O)Nc2ccc(N3CCCCC3)cc2)c1. The Balaban J connectivity index is 1.33. The summed E-state index contributed by atoms with van der Waals surface area (Å²) in [5.74, 6) is 0.0106. The predicted molar refractivity (Wildman–Crippen MR) is 110 cm³/mol. The smallest absolute Gasteiger partial charge is 0.226 e. The van der Waals surface area contributed by atoms with Gasteiger partial charge in [0.25, 0.3) is 0 Å². The molecule has 27 heavy (non-hydrogen) atoms. The molecule has 1 aromatic heterocycles. The second-order valence-corrected chi connectivity index (χ2v) is 7.32. The highest BCUT2D eigenvalue weighted by Crippen LogP contribution is 2.22. The minimum Gasteiger partial charge on any atom is -0.372 e. The number of carbonyl (C=O) groups is 1. The van der Waals surface area contributed by atoms with E-state index in [4.69, 9.17) is 0 Å². The van der Waals surface area contributed by atoms with E-state index in [0.29, 0.717) is 13.0 Å². The molecule has 0 bridgehead atoms. The van der Waals surface area contributed by atoms with Crippen LogP contribution in [0, 0.1) is 6.92 Å². The molecule has 1 aliphatic rings. The maximum Gasteiger partial charge on any atom is 0.226 e. The van der Waals surface area contributed by atoms with Crippen LogP contribution in [0.25, 0.3) is 10.9 Å². The number of nitrogens with one attached hydrogen (secondary N) is 1. The van der Waals surface area contributed by atoms with Gasteiger partial charge < -0.3 is 10.2 Å². The molecule has 1 N–H and O–H groups in total. The normalized spacial score (nSPS) is 14.5. The molecule has 1 fully saturated rings. The summed E-state index contributed by atoms with van der Waals surface area (Å²) < 4.78 is 1.90. The highest BCUT2D eigenvalue weighted by Gasteiger charge is 2.11. The van der Waals surface area contributed by atoms with Crippen molar-refractivity contribution >= 4 is 28.2 Å². The lowest BCUT2D eigenvalue weighted by molar-refractivity contribution is -0.116. The van der Waals surface area contributed by atoms with E-state index in [1.165, 1.54) is 30.5 Å². The zero-order chi connectivity index (χ0) is 18.6. The van der Waals surface area contributed by atoms with E-state index in [-0.39, 0.29) is 5.91 Å². The molecule has 2 aromatic carbocycles. The molecule has 3 aromatic rings. The Morgan fingerprint density at radius 3 is 2.63 bits per heavy atom. The lowest BCUT2D eigenvalue weighted by Crippen LogP contribution is -2.29. The average Bonchev–Trinajstić information content (AvgIpc) is 3.09. The van der Waals surface area contributed by atoms with Gasteiger partial charge in [0.05, 0.1) is 18.3 Å². The zero-order valence-electron chi connectivity index (χ0n) is 15.8. The van der Waals surface area contributed by atoms with Crippen LogP contribution in [0.5, 0.6) is 0 Å². The fourth-order valence-corrected chi connectivity index (χ4v) is 3.72. The first-order valence-corrected chi connectivity index (χ1v) is 9.76. The van der Waals surface area contributed by atoms with E-state index < -0.39 is 0 Å². The predicted octanol–water partition coefficient (Wildman–Crippen LogP) is 4.36. The standard InChI is InChI=1S/C22H26N4O/c1-17-5-10-21-18(15-17)16-23-26(21)14-11-22(27)24-19-6-8-20(9-7-19)25-12-3-2-4-13-25/h5-10,15-16H,2-4,11-14H2,1H3,(H,24,27). The Labute approximate surface area is 160 Å². The number of benzene rings is 2. The summed E-state index contributed by atoms with van der Waals surface area (Å²) in [6, 6.07) is 14.4. The van der Waals surface area contributed by atoms with Gasteiger partial charge in [0.15, 0.2) is 0 Å². The van der Waals surface area contributed by atoms with Crippen molar-refractivity contribution in [3.8, 4) is 0 Å². The molecule has 140 valence electrons. The van der Waals surface area contributed by atoms with Gasteiger partial charge in [-0.2, -0.15) is 5.10 Å². The van der Waals surface area contributed by atoms with Gasteiger partial charge in [-0.1, -0.05) is 11.6 Å². The first kappa shape index (κ1) is 17.6. The molecule has 0 unspecified atom stereocenters. The van der Waals surface area contributed by atoms with Crippen LogP contribution in [0.2, 0.25) is 0 Å².